The molecule has 2 N–H and O–H groups in total. The van der Waals surface area contributed by atoms with Gasteiger partial charge in [0, 0.05) is 12.8 Å². The minimum absolute atomic E-state index is 0.116. The van der Waals surface area contributed by atoms with Crippen LogP contribution in [0.25, 0.3) is 0 Å². The van der Waals surface area contributed by atoms with E-state index >= 15 is 0 Å². The van der Waals surface area contributed by atoms with Crippen LogP contribution >= 0.6 is 0 Å². The molecule has 0 saturated carbocycles. The van der Waals surface area contributed by atoms with Crippen LogP contribution in [-0.2, 0) is 47.0 Å². The normalized spacial score (nSPS) is 19.4. The van der Waals surface area contributed by atoms with Crippen LogP contribution in [0.1, 0.15) is 40.7 Å². The van der Waals surface area contributed by atoms with Gasteiger partial charge in [-0.05, 0) is 73.3 Å². The van der Waals surface area contributed by atoms with Crippen LogP contribution in [0.2, 0.25) is 0 Å². The number of hydrogen-bond acceptors (Lipinski definition) is 6. The molecule has 2 aliphatic carbocycles. The first kappa shape index (κ1) is 20.3. The summed E-state index contributed by atoms with van der Waals surface area (Å²) in [6.07, 6.45) is 6.91. The lowest BCUT2D eigenvalue weighted by atomic mass is 9.93. The van der Waals surface area contributed by atoms with Crippen molar-refractivity contribution in [2.45, 2.75) is 63.0 Å². The highest BCUT2D eigenvalue weighted by atomic mass is 32.2. The molecule has 1 aliphatic heterocycles. The van der Waals surface area contributed by atoms with Crippen LogP contribution in [0.15, 0.2) is 11.1 Å². The zero-order valence-electron chi connectivity index (χ0n) is 17.7. The first-order chi connectivity index (χ1) is 14.9. The van der Waals surface area contributed by atoms with Crippen LogP contribution in [0, 0.1) is 6.92 Å². The van der Waals surface area contributed by atoms with Crippen molar-refractivity contribution in [1.29, 1.82) is 0 Å². The Morgan fingerprint density at radius 2 is 1.81 bits per heavy atom. The van der Waals surface area contributed by atoms with Crippen molar-refractivity contribution in [2.75, 3.05) is 19.0 Å². The minimum Gasteiger partial charge on any atom is -0.474 e. The maximum atomic E-state index is 12.9. The van der Waals surface area contributed by atoms with E-state index in [0.717, 1.165) is 55.3 Å². The lowest BCUT2D eigenvalue weighted by Gasteiger charge is -2.23. The van der Waals surface area contributed by atoms with E-state index in [0.29, 0.717) is 6.54 Å². The number of benzene rings is 1. The van der Waals surface area contributed by atoms with Gasteiger partial charge in [-0.3, -0.25) is 0 Å². The van der Waals surface area contributed by atoms with Crippen LogP contribution in [0.4, 0.5) is 10.5 Å². The van der Waals surface area contributed by atoms with Crippen LogP contribution in [0.3, 0.4) is 0 Å². The number of carbonyl (C=O) groups is 1. The Kier molecular flexibility index (Phi) is 4.93. The van der Waals surface area contributed by atoms with Gasteiger partial charge in [-0.25, -0.2) is 22.6 Å². The van der Waals surface area contributed by atoms with Gasteiger partial charge in [-0.15, -0.1) is 0 Å². The number of amides is 2. The number of nitrogens with zero attached hydrogens (tertiary/aromatic N) is 2. The smallest absolute Gasteiger partial charge is 0.333 e. The summed E-state index contributed by atoms with van der Waals surface area (Å²) in [6.45, 7) is 2.77. The van der Waals surface area contributed by atoms with Crippen molar-refractivity contribution in [3.63, 3.8) is 0 Å². The van der Waals surface area contributed by atoms with Crippen molar-refractivity contribution in [1.82, 2.24) is 14.5 Å². The van der Waals surface area contributed by atoms with Crippen LogP contribution in [0.5, 0.6) is 5.88 Å². The fourth-order valence-corrected chi connectivity index (χ4v) is 6.06. The maximum Gasteiger partial charge on any atom is 0.333 e. The Morgan fingerprint density at radius 3 is 2.45 bits per heavy atom. The number of methoxy groups -OCH3 is 1. The predicted molar refractivity (Wildman–Crippen MR) is 113 cm³/mol. The molecule has 1 aromatic heterocycles. The number of nitrogens with one attached hydrogen (secondary N) is 2. The number of sulfonamides is 1. The number of urea groups is 1. The van der Waals surface area contributed by atoms with Crippen molar-refractivity contribution in [3.8, 4) is 5.88 Å². The monoisotopic (exact) mass is 446 g/mol. The first-order valence-electron chi connectivity index (χ1n) is 10.6. The summed E-state index contributed by atoms with van der Waals surface area (Å²) in [5.74, 6) is 0.116. The molecule has 1 aromatic carbocycles. The fraction of sp³-hybridized carbons (Fsp3) is 0.524. The van der Waals surface area contributed by atoms with Gasteiger partial charge in [-0.1, -0.05) is 0 Å². The van der Waals surface area contributed by atoms with Gasteiger partial charge in [0.25, 0.3) is 10.0 Å². The number of hydrogen-bond donors (Lipinski definition) is 2. The molecular weight excluding hydrogens is 420 g/mol. The molecule has 1 atom stereocenters. The SMILES string of the molecule is COC1COc2c(S(=O)(=O)NC(=O)Nc3c4c(c(C)c5c3CCC5)CCC4)cnn2C1. The number of carbonyl (C=O) groups excluding carboxylic acids is 1. The second kappa shape index (κ2) is 7.52. The Labute approximate surface area is 181 Å². The molecule has 0 saturated heterocycles. The average Bonchev–Trinajstić information content (AvgIpc) is 3.49. The molecule has 3 aliphatic rings. The first-order valence-corrected chi connectivity index (χ1v) is 12.1. The van der Waals surface area contributed by atoms with Crippen molar-refractivity contribution in [3.05, 3.63) is 34.0 Å². The van der Waals surface area contributed by atoms with Gasteiger partial charge in [0.1, 0.15) is 12.7 Å². The topological polar surface area (TPSA) is 112 Å². The Hall–Kier alpha value is -2.59. The summed E-state index contributed by atoms with van der Waals surface area (Å²) in [5.41, 5.74) is 7.08. The highest BCUT2D eigenvalue weighted by Crippen LogP contribution is 2.41. The largest absolute Gasteiger partial charge is 0.474 e. The molecule has 0 spiro atoms. The third-order valence-corrected chi connectivity index (χ3v) is 7.89. The molecule has 5 rings (SSSR count). The van der Waals surface area contributed by atoms with E-state index in [2.05, 4.69) is 22.1 Å². The average molecular weight is 447 g/mol. The van der Waals surface area contributed by atoms with Crippen molar-refractivity contribution >= 4 is 21.7 Å². The fourth-order valence-electron chi connectivity index (χ4n) is 5.08. The molecule has 9 nitrogen and oxygen atoms in total. The number of anilines is 1. The van der Waals surface area contributed by atoms with Crippen LogP contribution in [-0.4, -0.2) is 44.1 Å². The zero-order valence-corrected chi connectivity index (χ0v) is 18.5. The van der Waals surface area contributed by atoms with Crippen molar-refractivity contribution < 1.29 is 22.7 Å². The molecule has 1 unspecified atom stereocenters. The molecule has 10 heteroatoms. The molecular formula is C21H26N4O5S. The van der Waals surface area contributed by atoms with E-state index < -0.39 is 16.1 Å². The highest BCUT2D eigenvalue weighted by molar-refractivity contribution is 7.90. The minimum atomic E-state index is -4.15. The van der Waals surface area contributed by atoms with E-state index in [9.17, 15) is 13.2 Å². The Bertz CT molecular complexity index is 1140. The summed E-state index contributed by atoms with van der Waals surface area (Å²) in [7, 11) is -2.59. The van der Waals surface area contributed by atoms with Gasteiger partial charge in [0.05, 0.1) is 12.7 Å². The third kappa shape index (κ3) is 3.38. The summed E-state index contributed by atoms with van der Waals surface area (Å²) >= 11 is 0. The Morgan fingerprint density at radius 1 is 1.16 bits per heavy atom. The van der Waals surface area contributed by atoms with Gasteiger partial charge in [-0.2, -0.15) is 5.10 Å². The molecule has 0 bridgehead atoms. The zero-order chi connectivity index (χ0) is 21.8. The quantitative estimate of drug-likeness (QED) is 0.744. The predicted octanol–water partition coefficient (Wildman–Crippen LogP) is 2.09. The molecule has 166 valence electrons. The second-order valence-electron chi connectivity index (χ2n) is 8.35. The lowest BCUT2D eigenvalue weighted by molar-refractivity contribution is 0.0165. The summed E-state index contributed by atoms with van der Waals surface area (Å²) in [5, 5.41) is 6.94. The van der Waals surface area contributed by atoms with E-state index in [1.807, 2.05) is 0 Å². The maximum absolute atomic E-state index is 12.9. The molecule has 2 heterocycles. The summed E-state index contributed by atoms with van der Waals surface area (Å²) < 4.78 is 40.2. The van der Waals surface area contributed by atoms with E-state index in [4.69, 9.17) is 9.47 Å². The summed E-state index contributed by atoms with van der Waals surface area (Å²) in [4.78, 5) is 12.6. The molecule has 31 heavy (non-hydrogen) atoms. The lowest BCUT2D eigenvalue weighted by Crippen LogP contribution is -2.36. The molecule has 2 amide bonds. The number of fused-ring (bicyclic) bond motifs is 3. The standard InChI is InChI=1S/C21H26N4O5S/c1-12-14-5-3-7-16(14)19(17-8-4-6-15(12)17)23-21(26)24-31(27,28)18-9-22-25-10-13(29-2)11-30-20(18)25/h9,13H,3-8,10-11H2,1-2H3,(H2,23,24,26). The van der Waals surface area contributed by atoms with E-state index in [1.165, 1.54) is 27.6 Å². The molecule has 0 fully saturated rings. The summed E-state index contributed by atoms with van der Waals surface area (Å²) in [6, 6.07) is -0.766. The van der Waals surface area contributed by atoms with Gasteiger partial charge >= 0.3 is 6.03 Å². The molecule has 0 radical (unpaired) electrons. The van der Waals surface area contributed by atoms with Gasteiger partial charge in [0.15, 0.2) is 4.90 Å². The van der Waals surface area contributed by atoms with Crippen molar-refractivity contribution in [2.24, 2.45) is 0 Å². The number of aromatic nitrogens is 2. The number of ether oxygens (including phenoxy) is 2. The second-order valence-corrected chi connectivity index (χ2v) is 10.00. The highest BCUT2D eigenvalue weighted by Gasteiger charge is 2.32. The third-order valence-electron chi connectivity index (χ3n) is 6.58. The van der Waals surface area contributed by atoms with Gasteiger partial charge in [0.2, 0.25) is 5.88 Å². The number of rotatable bonds is 4. The van der Waals surface area contributed by atoms with E-state index in [-0.39, 0.29) is 23.5 Å². The van der Waals surface area contributed by atoms with Crippen LogP contribution < -0.4 is 14.8 Å². The van der Waals surface area contributed by atoms with Gasteiger partial charge < -0.3 is 14.8 Å². The Balaban J connectivity index is 1.40. The van der Waals surface area contributed by atoms with E-state index in [1.54, 1.807) is 7.11 Å². The molecule has 2 aromatic rings.